The molecule has 0 spiro atoms. The molecular formula is C20H33IN6O. The molecule has 2 heterocycles. The lowest BCUT2D eigenvalue weighted by molar-refractivity contribution is -0.117. The number of aliphatic imine (C=N–C) groups is 1. The molecule has 3 rings (SSSR count). The number of rotatable bonds is 5. The maximum absolute atomic E-state index is 12.4. The van der Waals surface area contributed by atoms with Crippen LogP contribution in [0, 0.1) is 0 Å². The number of likely N-dealkylation sites (N-methyl/N-ethyl adjacent to an activating group) is 2. The molecule has 0 aliphatic carbocycles. The first-order valence-corrected chi connectivity index (χ1v) is 9.86. The third-order valence-electron chi connectivity index (χ3n) is 5.32. The van der Waals surface area contributed by atoms with Gasteiger partial charge in [0.1, 0.15) is 0 Å². The van der Waals surface area contributed by atoms with Gasteiger partial charge < -0.3 is 20.4 Å². The Balaban J connectivity index is 0.00000280. The Morgan fingerprint density at radius 3 is 2.64 bits per heavy atom. The Hall–Kier alpha value is -1.39. The molecule has 1 aromatic rings. The van der Waals surface area contributed by atoms with Crippen LogP contribution in [0.3, 0.4) is 0 Å². The molecule has 8 heteroatoms. The van der Waals surface area contributed by atoms with E-state index in [4.69, 9.17) is 4.99 Å². The second-order valence-electron chi connectivity index (χ2n) is 7.50. The van der Waals surface area contributed by atoms with Crippen molar-refractivity contribution in [3.05, 3.63) is 30.3 Å². The zero-order valence-corrected chi connectivity index (χ0v) is 19.4. The average Bonchev–Trinajstić information content (AvgIpc) is 3.03. The van der Waals surface area contributed by atoms with Gasteiger partial charge in [-0.05, 0) is 33.2 Å². The summed E-state index contributed by atoms with van der Waals surface area (Å²) in [5, 5.41) is 6.78. The number of benzene rings is 1. The summed E-state index contributed by atoms with van der Waals surface area (Å²) in [5.41, 5.74) is 0.959. The molecule has 1 amide bonds. The largest absolute Gasteiger partial charge is 0.357 e. The standard InChI is InChI=1S/C20H32N6O.HI/c1-4-21-20(22-13-18-15-24(2)10-11-25(18)3)23-16-12-19(27)26(14-16)17-8-6-5-7-9-17;/h5-9,16,18H,4,10-15H2,1-3H3,(H2,21,22,23);1H. The molecule has 7 nitrogen and oxygen atoms in total. The molecule has 0 radical (unpaired) electrons. The fraction of sp³-hybridized carbons (Fsp3) is 0.600. The molecule has 2 saturated heterocycles. The number of piperazine rings is 1. The quantitative estimate of drug-likeness (QED) is 0.362. The normalized spacial score (nSPS) is 24.2. The zero-order chi connectivity index (χ0) is 19.2. The van der Waals surface area contributed by atoms with Crippen molar-refractivity contribution in [3.63, 3.8) is 0 Å². The SMILES string of the molecule is CCNC(=NCC1CN(C)CCN1C)NC1CC(=O)N(c2ccccc2)C1.I. The van der Waals surface area contributed by atoms with Gasteiger partial charge in [-0.2, -0.15) is 0 Å². The summed E-state index contributed by atoms with van der Waals surface area (Å²) in [6, 6.07) is 10.4. The van der Waals surface area contributed by atoms with Gasteiger partial charge in [0.25, 0.3) is 0 Å². The maximum atomic E-state index is 12.4. The smallest absolute Gasteiger partial charge is 0.229 e. The van der Waals surface area contributed by atoms with Crippen molar-refractivity contribution in [1.82, 2.24) is 20.4 Å². The van der Waals surface area contributed by atoms with E-state index in [-0.39, 0.29) is 35.9 Å². The lowest BCUT2D eigenvalue weighted by Gasteiger charge is -2.37. The number of amides is 1. The Bertz CT molecular complexity index is 655. The van der Waals surface area contributed by atoms with Crippen LogP contribution in [0.25, 0.3) is 0 Å². The Labute approximate surface area is 185 Å². The molecule has 2 atom stereocenters. The van der Waals surface area contributed by atoms with Gasteiger partial charge in [0.2, 0.25) is 5.91 Å². The van der Waals surface area contributed by atoms with Crippen LogP contribution in [-0.4, -0.2) is 87.1 Å². The van der Waals surface area contributed by atoms with Crippen LogP contribution in [-0.2, 0) is 4.79 Å². The minimum atomic E-state index is 0. The van der Waals surface area contributed by atoms with Crippen LogP contribution >= 0.6 is 24.0 Å². The molecule has 0 aromatic heterocycles. The summed E-state index contributed by atoms with van der Waals surface area (Å²) in [7, 11) is 4.33. The summed E-state index contributed by atoms with van der Waals surface area (Å²) < 4.78 is 0. The van der Waals surface area contributed by atoms with Gasteiger partial charge in [0, 0.05) is 50.9 Å². The van der Waals surface area contributed by atoms with E-state index >= 15 is 0 Å². The lowest BCUT2D eigenvalue weighted by atomic mass is 10.2. The molecular weight excluding hydrogens is 467 g/mol. The summed E-state index contributed by atoms with van der Waals surface area (Å²) >= 11 is 0. The highest BCUT2D eigenvalue weighted by Crippen LogP contribution is 2.21. The lowest BCUT2D eigenvalue weighted by Crippen LogP contribution is -2.52. The molecule has 0 bridgehead atoms. The molecule has 2 fully saturated rings. The number of carbonyl (C=O) groups is 1. The molecule has 156 valence electrons. The molecule has 2 aliphatic heterocycles. The van der Waals surface area contributed by atoms with Gasteiger partial charge in [0.15, 0.2) is 5.96 Å². The van der Waals surface area contributed by atoms with Gasteiger partial charge in [0.05, 0.1) is 12.6 Å². The molecule has 0 saturated carbocycles. The number of carbonyl (C=O) groups excluding carboxylic acids is 1. The first-order chi connectivity index (χ1) is 13.1. The van der Waals surface area contributed by atoms with E-state index in [2.05, 4.69) is 41.5 Å². The minimum Gasteiger partial charge on any atom is -0.357 e. The minimum absolute atomic E-state index is 0. The van der Waals surface area contributed by atoms with Crippen LogP contribution in [0.4, 0.5) is 5.69 Å². The topological polar surface area (TPSA) is 63.2 Å². The highest BCUT2D eigenvalue weighted by molar-refractivity contribution is 14.0. The van der Waals surface area contributed by atoms with Gasteiger partial charge in [-0.15, -0.1) is 24.0 Å². The number of nitrogens with one attached hydrogen (secondary N) is 2. The molecule has 28 heavy (non-hydrogen) atoms. The van der Waals surface area contributed by atoms with E-state index in [1.54, 1.807) is 0 Å². The average molecular weight is 500 g/mol. The summed E-state index contributed by atoms with van der Waals surface area (Å²) in [6.45, 7) is 7.49. The monoisotopic (exact) mass is 500 g/mol. The summed E-state index contributed by atoms with van der Waals surface area (Å²) in [6.07, 6.45) is 0.491. The van der Waals surface area contributed by atoms with Gasteiger partial charge in [-0.25, -0.2) is 0 Å². The van der Waals surface area contributed by atoms with E-state index in [0.717, 1.165) is 44.4 Å². The van der Waals surface area contributed by atoms with E-state index < -0.39 is 0 Å². The number of anilines is 1. The van der Waals surface area contributed by atoms with Crippen molar-refractivity contribution in [2.75, 3.05) is 58.3 Å². The number of para-hydroxylation sites is 1. The molecule has 2 N–H and O–H groups in total. The van der Waals surface area contributed by atoms with E-state index in [1.165, 1.54) is 0 Å². The summed E-state index contributed by atoms with van der Waals surface area (Å²) in [5.74, 6) is 0.954. The summed E-state index contributed by atoms with van der Waals surface area (Å²) in [4.78, 5) is 23.8. The molecule has 2 unspecified atom stereocenters. The Morgan fingerprint density at radius 2 is 1.93 bits per heavy atom. The van der Waals surface area contributed by atoms with Crippen LogP contribution in [0.2, 0.25) is 0 Å². The fourth-order valence-corrected chi connectivity index (χ4v) is 3.67. The maximum Gasteiger partial charge on any atom is 0.229 e. The van der Waals surface area contributed by atoms with E-state index in [9.17, 15) is 4.79 Å². The molecule has 2 aliphatic rings. The van der Waals surface area contributed by atoms with Gasteiger partial charge >= 0.3 is 0 Å². The number of guanidine groups is 1. The Morgan fingerprint density at radius 1 is 1.18 bits per heavy atom. The highest BCUT2D eigenvalue weighted by Gasteiger charge is 2.31. The van der Waals surface area contributed by atoms with Crippen molar-refractivity contribution in [2.45, 2.75) is 25.4 Å². The predicted molar refractivity (Wildman–Crippen MR) is 126 cm³/mol. The third-order valence-corrected chi connectivity index (χ3v) is 5.32. The zero-order valence-electron chi connectivity index (χ0n) is 17.1. The first-order valence-electron chi connectivity index (χ1n) is 9.86. The van der Waals surface area contributed by atoms with Gasteiger partial charge in [-0.1, -0.05) is 18.2 Å². The third kappa shape index (κ3) is 6.05. The number of hydrogen-bond donors (Lipinski definition) is 2. The van der Waals surface area contributed by atoms with Crippen LogP contribution in [0.15, 0.2) is 35.3 Å². The van der Waals surface area contributed by atoms with Crippen molar-refractivity contribution < 1.29 is 4.79 Å². The van der Waals surface area contributed by atoms with Crippen molar-refractivity contribution in [2.24, 2.45) is 4.99 Å². The number of nitrogens with zero attached hydrogens (tertiary/aromatic N) is 4. The van der Waals surface area contributed by atoms with Crippen molar-refractivity contribution in [1.29, 1.82) is 0 Å². The van der Waals surface area contributed by atoms with Crippen LogP contribution < -0.4 is 15.5 Å². The Kier molecular flexibility index (Phi) is 8.97. The fourth-order valence-electron chi connectivity index (χ4n) is 3.67. The highest BCUT2D eigenvalue weighted by atomic mass is 127. The van der Waals surface area contributed by atoms with Crippen molar-refractivity contribution in [3.8, 4) is 0 Å². The predicted octanol–water partition coefficient (Wildman–Crippen LogP) is 1.21. The van der Waals surface area contributed by atoms with Crippen molar-refractivity contribution >= 4 is 41.5 Å². The van der Waals surface area contributed by atoms with E-state index in [1.807, 2.05) is 35.2 Å². The second-order valence-corrected chi connectivity index (χ2v) is 7.50. The number of halogens is 1. The second kappa shape index (κ2) is 11.0. The van der Waals surface area contributed by atoms with Crippen LogP contribution in [0.1, 0.15) is 13.3 Å². The molecule has 1 aromatic carbocycles. The van der Waals surface area contributed by atoms with E-state index in [0.29, 0.717) is 19.0 Å². The number of hydrogen-bond acceptors (Lipinski definition) is 4. The van der Waals surface area contributed by atoms with Gasteiger partial charge in [-0.3, -0.25) is 14.7 Å². The van der Waals surface area contributed by atoms with Crippen LogP contribution in [0.5, 0.6) is 0 Å². The first kappa shape index (κ1) is 22.9.